The molecule has 0 heterocycles. The lowest BCUT2D eigenvalue weighted by Gasteiger charge is -2.44. The fourth-order valence-corrected chi connectivity index (χ4v) is 6.77. The van der Waals surface area contributed by atoms with Crippen LogP contribution in [0, 0.1) is 0 Å². The molecule has 0 aliphatic carbocycles. The van der Waals surface area contributed by atoms with Crippen LogP contribution in [0.25, 0.3) is 0 Å². The maximum absolute atomic E-state index is 15.7. The number of alkyl halides is 9. The smallest absolute Gasteiger partial charge is 0.369 e. The summed E-state index contributed by atoms with van der Waals surface area (Å²) in [6.07, 6.45) is -18.1. The third kappa shape index (κ3) is 5.75. The van der Waals surface area contributed by atoms with Crippen LogP contribution in [0.15, 0.2) is 120 Å². The van der Waals surface area contributed by atoms with Crippen LogP contribution < -0.4 is 5.32 Å². The summed E-state index contributed by atoms with van der Waals surface area (Å²) in [6, 6.07) is 21.7. The van der Waals surface area contributed by atoms with Gasteiger partial charge in [0.15, 0.2) is 5.54 Å². The molecule has 0 saturated carbocycles. The number of benzene rings is 4. The van der Waals surface area contributed by atoms with Crippen molar-refractivity contribution in [1.29, 1.82) is 0 Å². The molecule has 0 aliphatic heterocycles. The fourth-order valence-electron chi connectivity index (χ4n) is 4.82. The quantitative estimate of drug-likeness (QED) is 0.192. The molecule has 0 radical (unpaired) electrons. The summed E-state index contributed by atoms with van der Waals surface area (Å²) >= 11 is 0. The zero-order chi connectivity index (χ0) is 31.7. The van der Waals surface area contributed by atoms with E-state index in [-0.39, 0.29) is 17.3 Å². The Labute approximate surface area is 242 Å². The SMILES string of the molecule is O=S(c1ccccc1C(O)(C(F)(F)F)C(F)(F)F)[C@@H](c1ccccc1)[C@](Nc1ccccc1)(c1ccccc1)C(F)(F)F. The maximum atomic E-state index is 15.7. The van der Waals surface area contributed by atoms with Gasteiger partial charge in [0.2, 0.25) is 0 Å². The monoisotopic (exact) mass is 631 g/mol. The minimum Gasteiger partial charge on any atom is -0.369 e. The van der Waals surface area contributed by atoms with Crippen molar-refractivity contribution in [3.05, 3.63) is 132 Å². The second-order valence-corrected chi connectivity index (χ2v) is 11.0. The highest BCUT2D eigenvalue weighted by Gasteiger charge is 2.72. The molecule has 0 bridgehead atoms. The molecule has 2 N–H and O–H groups in total. The average molecular weight is 632 g/mol. The van der Waals surface area contributed by atoms with Gasteiger partial charge < -0.3 is 10.4 Å². The number of rotatable bonds is 8. The van der Waals surface area contributed by atoms with E-state index in [1.54, 1.807) is 0 Å². The van der Waals surface area contributed by atoms with Crippen molar-refractivity contribution in [3.8, 4) is 0 Å². The molecule has 3 atom stereocenters. The van der Waals surface area contributed by atoms with Gasteiger partial charge in [-0.05, 0) is 29.3 Å². The zero-order valence-corrected chi connectivity index (χ0v) is 22.5. The second kappa shape index (κ2) is 11.7. The van der Waals surface area contributed by atoms with Gasteiger partial charge in [-0.2, -0.15) is 39.5 Å². The molecule has 0 spiro atoms. The van der Waals surface area contributed by atoms with E-state index in [2.05, 4.69) is 5.32 Å². The van der Waals surface area contributed by atoms with E-state index >= 15 is 13.2 Å². The maximum Gasteiger partial charge on any atom is 0.430 e. The highest BCUT2D eigenvalue weighted by molar-refractivity contribution is 7.85. The summed E-state index contributed by atoms with van der Waals surface area (Å²) in [5.41, 5.74) is -11.8. The molecule has 0 aromatic heterocycles. The molecule has 0 aliphatic rings. The summed E-state index contributed by atoms with van der Waals surface area (Å²) in [5, 5.41) is 10.2. The minimum atomic E-state index is -6.38. The Hall–Kier alpha value is -3.84. The van der Waals surface area contributed by atoms with E-state index in [0.29, 0.717) is 6.07 Å². The van der Waals surface area contributed by atoms with Gasteiger partial charge in [-0.3, -0.25) is 4.21 Å². The van der Waals surface area contributed by atoms with Crippen LogP contribution in [-0.4, -0.2) is 27.8 Å². The Bertz CT molecular complexity index is 1530. The Morgan fingerprint density at radius 2 is 1.02 bits per heavy atom. The molecule has 43 heavy (non-hydrogen) atoms. The number of hydrogen-bond donors (Lipinski definition) is 2. The molecule has 0 fully saturated rings. The number of para-hydroxylation sites is 1. The van der Waals surface area contributed by atoms with Crippen LogP contribution in [0.1, 0.15) is 21.9 Å². The predicted molar refractivity (Wildman–Crippen MR) is 142 cm³/mol. The van der Waals surface area contributed by atoms with Crippen LogP contribution in [0.4, 0.5) is 45.2 Å². The van der Waals surface area contributed by atoms with Gasteiger partial charge in [-0.25, -0.2) is 0 Å². The van der Waals surface area contributed by atoms with Crippen LogP contribution in [0.3, 0.4) is 0 Å². The summed E-state index contributed by atoms with van der Waals surface area (Å²) in [4.78, 5) is -1.28. The Kier molecular flexibility index (Phi) is 8.72. The highest BCUT2D eigenvalue weighted by Crippen LogP contribution is 2.56. The zero-order valence-electron chi connectivity index (χ0n) is 21.7. The molecule has 4 aromatic rings. The number of halogens is 9. The molecule has 4 rings (SSSR count). The van der Waals surface area contributed by atoms with Gasteiger partial charge in [-0.1, -0.05) is 97.1 Å². The van der Waals surface area contributed by atoms with Crippen molar-refractivity contribution in [2.24, 2.45) is 0 Å². The average Bonchev–Trinajstić information content (AvgIpc) is 2.96. The molecular weight excluding hydrogens is 609 g/mol. The molecule has 3 nitrogen and oxygen atoms in total. The van der Waals surface area contributed by atoms with Crippen molar-refractivity contribution >= 4 is 16.5 Å². The largest absolute Gasteiger partial charge is 0.430 e. The Morgan fingerprint density at radius 1 is 0.581 bits per heavy atom. The van der Waals surface area contributed by atoms with Gasteiger partial charge in [0.05, 0.1) is 10.8 Å². The lowest BCUT2D eigenvalue weighted by Crippen LogP contribution is -2.56. The van der Waals surface area contributed by atoms with Gasteiger partial charge in [0.1, 0.15) is 5.25 Å². The molecule has 0 saturated heterocycles. The van der Waals surface area contributed by atoms with E-state index in [4.69, 9.17) is 0 Å². The first-order chi connectivity index (χ1) is 20.1. The fraction of sp³-hybridized carbons (Fsp3) is 0.200. The molecule has 0 amide bonds. The first kappa shape index (κ1) is 32.1. The van der Waals surface area contributed by atoms with Crippen LogP contribution in [0.2, 0.25) is 0 Å². The third-order valence-electron chi connectivity index (χ3n) is 6.82. The number of anilines is 1. The number of nitrogens with one attached hydrogen (secondary N) is 1. The normalized spacial score (nSPS) is 15.8. The van der Waals surface area contributed by atoms with E-state index < -0.39 is 61.7 Å². The van der Waals surface area contributed by atoms with Crippen molar-refractivity contribution in [3.63, 3.8) is 0 Å². The number of aliphatic hydroxyl groups is 1. The summed E-state index contributed by atoms with van der Waals surface area (Å²) in [7, 11) is -3.33. The van der Waals surface area contributed by atoms with Crippen molar-refractivity contribution in [1.82, 2.24) is 0 Å². The van der Waals surface area contributed by atoms with Gasteiger partial charge in [0.25, 0.3) is 5.60 Å². The van der Waals surface area contributed by atoms with Crippen LogP contribution >= 0.6 is 0 Å². The molecule has 1 unspecified atom stereocenters. The van der Waals surface area contributed by atoms with Crippen molar-refractivity contribution in [2.45, 2.75) is 39.8 Å². The van der Waals surface area contributed by atoms with E-state index in [9.17, 15) is 35.7 Å². The lowest BCUT2D eigenvalue weighted by molar-refractivity contribution is -0.377. The highest BCUT2D eigenvalue weighted by atomic mass is 32.2. The van der Waals surface area contributed by atoms with E-state index in [1.165, 1.54) is 66.7 Å². The standard InChI is InChI=1S/C30H22F9NO2S/c31-28(32,33)26(21-14-6-2-7-15-21,40-22-16-8-3-9-17-22)25(20-12-4-1-5-13-20)43(42)24-19-11-10-18-23(24)27(41,29(34,35)36)30(37,38)39/h1-19,25,40-41H/t25-,26+,43?/m0/s1. The summed E-state index contributed by atoms with van der Waals surface area (Å²) < 4.78 is 145. The summed E-state index contributed by atoms with van der Waals surface area (Å²) in [6.45, 7) is 0. The first-order valence-electron chi connectivity index (χ1n) is 12.4. The first-order valence-corrected chi connectivity index (χ1v) is 13.6. The van der Waals surface area contributed by atoms with Crippen molar-refractivity contribution in [2.75, 3.05) is 5.32 Å². The van der Waals surface area contributed by atoms with Crippen molar-refractivity contribution < 1.29 is 48.8 Å². The second-order valence-electron chi connectivity index (χ2n) is 9.45. The molecule has 228 valence electrons. The Balaban J connectivity index is 2.12. The van der Waals surface area contributed by atoms with Crippen LogP contribution in [0.5, 0.6) is 0 Å². The topological polar surface area (TPSA) is 49.3 Å². The summed E-state index contributed by atoms with van der Waals surface area (Å²) in [5.74, 6) is 0. The Morgan fingerprint density at radius 3 is 1.51 bits per heavy atom. The third-order valence-corrected chi connectivity index (χ3v) is 8.66. The lowest BCUT2D eigenvalue weighted by atomic mass is 9.82. The molecule has 4 aromatic carbocycles. The van der Waals surface area contributed by atoms with Gasteiger partial charge >= 0.3 is 18.5 Å². The predicted octanol–water partition coefficient (Wildman–Crippen LogP) is 8.42. The van der Waals surface area contributed by atoms with Crippen LogP contribution in [-0.2, 0) is 21.9 Å². The molecular formula is C30H22F9NO2S. The van der Waals surface area contributed by atoms with Gasteiger partial charge in [0, 0.05) is 16.1 Å². The van der Waals surface area contributed by atoms with E-state index in [1.807, 2.05) is 0 Å². The van der Waals surface area contributed by atoms with E-state index in [0.717, 1.165) is 36.4 Å². The number of hydrogen-bond acceptors (Lipinski definition) is 3. The van der Waals surface area contributed by atoms with Gasteiger partial charge in [-0.15, -0.1) is 0 Å². The minimum absolute atomic E-state index is 0.128. The molecule has 13 heteroatoms.